The summed E-state index contributed by atoms with van der Waals surface area (Å²) in [4.78, 5) is 24.7. The van der Waals surface area contributed by atoms with Crippen LogP contribution in [0, 0.1) is 22.7 Å². The summed E-state index contributed by atoms with van der Waals surface area (Å²) in [6.07, 6.45) is 12.3. The van der Waals surface area contributed by atoms with Gasteiger partial charge < -0.3 is 10.6 Å². The molecule has 0 radical (unpaired) electrons. The zero-order valence-electron chi connectivity index (χ0n) is 25.9. The molecule has 0 unspecified atom stereocenters. The SMILES string of the molecule is N#Cc1c(C=CC(=O)NCCCCCCCCNC(=O)C=Cc2cccc(-c3ccccc3)c2C#N)cccc1-c1ccccc1. The normalized spacial score (nSPS) is 10.8. The zero-order chi connectivity index (χ0) is 32.4. The lowest BCUT2D eigenvalue weighted by molar-refractivity contribution is -0.117. The van der Waals surface area contributed by atoms with Crippen LogP contribution in [0.15, 0.2) is 109 Å². The molecular formula is C40H38N4O2. The van der Waals surface area contributed by atoms with E-state index in [0.29, 0.717) is 35.3 Å². The largest absolute Gasteiger partial charge is 0.353 e. The Morgan fingerprint density at radius 1 is 0.522 bits per heavy atom. The second-order valence-corrected chi connectivity index (χ2v) is 10.9. The Labute approximate surface area is 271 Å². The number of nitriles is 2. The Morgan fingerprint density at radius 3 is 1.30 bits per heavy atom. The van der Waals surface area contributed by atoms with Crippen LogP contribution in [0.1, 0.15) is 60.8 Å². The molecule has 0 aliphatic heterocycles. The molecule has 2 N–H and O–H groups in total. The standard InChI is InChI=1S/C40H38N4O2/c41-29-37-33(19-13-21-35(37)31-15-7-5-8-16-31)23-25-39(45)43-27-11-3-1-2-4-12-28-44-40(46)26-24-34-20-14-22-36(38(34)30-42)32-17-9-6-10-18-32/h5-10,13-26H,1-4,11-12,27-28H2,(H,43,45)(H,44,46). The van der Waals surface area contributed by atoms with Crippen molar-refractivity contribution in [3.8, 4) is 34.4 Å². The number of hydrogen-bond donors (Lipinski definition) is 2. The highest BCUT2D eigenvalue weighted by atomic mass is 16.2. The van der Waals surface area contributed by atoms with E-state index in [9.17, 15) is 20.1 Å². The molecule has 0 fully saturated rings. The number of carbonyl (C=O) groups is 2. The number of carbonyl (C=O) groups excluding carboxylic acids is 2. The van der Waals surface area contributed by atoms with Gasteiger partial charge in [-0.2, -0.15) is 10.5 Å². The summed E-state index contributed by atoms with van der Waals surface area (Å²) in [5.74, 6) is -0.349. The van der Waals surface area contributed by atoms with Gasteiger partial charge in [-0.1, -0.05) is 123 Å². The van der Waals surface area contributed by atoms with Crippen LogP contribution in [-0.2, 0) is 9.59 Å². The molecule has 0 saturated carbocycles. The number of amides is 2. The molecule has 0 aliphatic rings. The van der Waals surface area contributed by atoms with Crippen molar-refractivity contribution < 1.29 is 9.59 Å². The van der Waals surface area contributed by atoms with Gasteiger partial charge in [0.1, 0.15) is 12.1 Å². The predicted octanol–water partition coefficient (Wildman–Crippen LogP) is 8.06. The van der Waals surface area contributed by atoms with E-state index in [2.05, 4.69) is 22.8 Å². The van der Waals surface area contributed by atoms with Crippen molar-refractivity contribution >= 4 is 24.0 Å². The Morgan fingerprint density at radius 2 is 0.913 bits per heavy atom. The molecule has 6 heteroatoms. The van der Waals surface area contributed by atoms with E-state index in [-0.39, 0.29) is 11.8 Å². The molecule has 0 aromatic heterocycles. The summed E-state index contributed by atoms with van der Waals surface area (Å²) in [7, 11) is 0. The third kappa shape index (κ3) is 9.91. The highest BCUT2D eigenvalue weighted by Gasteiger charge is 2.09. The van der Waals surface area contributed by atoms with Crippen molar-refractivity contribution in [1.29, 1.82) is 10.5 Å². The van der Waals surface area contributed by atoms with Gasteiger partial charge >= 0.3 is 0 Å². The second-order valence-electron chi connectivity index (χ2n) is 10.9. The maximum atomic E-state index is 12.3. The van der Waals surface area contributed by atoms with Gasteiger partial charge in [0, 0.05) is 36.4 Å². The van der Waals surface area contributed by atoms with Crippen LogP contribution >= 0.6 is 0 Å². The van der Waals surface area contributed by atoms with Crippen molar-refractivity contribution in [2.24, 2.45) is 0 Å². The molecule has 0 saturated heterocycles. The molecule has 0 atom stereocenters. The summed E-state index contributed by atoms with van der Waals surface area (Å²) in [5, 5.41) is 25.3. The topological polar surface area (TPSA) is 106 Å². The van der Waals surface area contributed by atoms with Gasteiger partial charge in [0.2, 0.25) is 11.8 Å². The fourth-order valence-electron chi connectivity index (χ4n) is 5.21. The van der Waals surface area contributed by atoms with Crippen molar-refractivity contribution in [2.75, 3.05) is 13.1 Å². The van der Waals surface area contributed by atoms with E-state index in [1.807, 2.05) is 97.1 Å². The molecule has 4 rings (SSSR count). The van der Waals surface area contributed by atoms with Crippen LogP contribution in [-0.4, -0.2) is 24.9 Å². The molecule has 230 valence electrons. The lowest BCUT2D eigenvalue weighted by Gasteiger charge is -2.07. The molecule has 6 nitrogen and oxygen atoms in total. The number of nitrogens with one attached hydrogen (secondary N) is 2. The van der Waals surface area contributed by atoms with Crippen LogP contribution in [0.2, 0.25) is 0 Å². The Hall–Kier alpha value is -5.72. The van der Waals surface area contributed by atoms with Gasteiger partial charge in [0.25, 0.3) is 0 Å². The maximum absolute atomic E-state index is 12.3. The minimum absolute atomic E-state index is 0.174. The number of hydrogen-bond acceptors (Lipinski definition) is 4. The first-order valence-electron chi connectivity index (χ1n) is 15.7. The smallest absolute Gasteiger partial charge is 0.243 e. The minimum atomic E-state index is -0.174. The summed E-state index contributed by atoms with van der Waals surface area (Å²) in [5.41, 5.74) is 6.16. The third-order valence-corrected chi connectivity index (χ3v) is 7.62. The fourth-order valence-corrected chi connectivity index (χ4v) is 5.21. The number of rotatable bonds is 15. The second kappa shape index (κ2) is 18.2. The molecule has 0 spiro atoms. The molecule has 0 heterocycles. The fraction of sp³-hybridized carbons (Fsp3) is 0.200. The number of benzene rings is 4. The van der Waals surface area contributed by atoms with E-state index in [1.54, 1.807) is 12.2 Å². The Kier molecular flexibility index (Phi) is 13.1. The zero-order valence-corrected chi connectivity index (χ0v) is 25.9. The van der Waals surface area contributed by atoms with Crippen molar-refractivity contribution in [1.82, 2.24) is 10.6 Å². The molecule has 2 amide bonds. The maximum Gasteiger partial charge on any atom is 0.243 e. The van der Waals surface area contributed by atoms with Crippen LogP contribution < -0.4 is 10.6 Å². The van der Waals surface area contributed by atoms with E-state index >= 15 is 0 Å². The lowest BCUT2D eigenvalue weighted by Crippen LogP contribution is -2.22. The average molecular weight is 607 g/mol. The van der Waals surface area contributed by atoms with Crippen molar-refractivity contribution in [2.45, 2.75) is 38.5 Å². The van der Waals surface area contributed by atoms with Gasteiger partial charge in [0.15, 0.2) is 0 Å². The van der Waals surface area contributed by atoms with Gasteiger partial charge in [-0.3, -0.25) is 9.59 Å². The van der Waals surface area contributed by atoms with Gasteiger partial charge in [-0.15, -0.1) is 0 Å². The molecular weight excluding hydrogens is 568 g/mol. The minimum Gasteiger partial charge on any atom is -0.353 e. The monoisotopic (exact) mass is 606 g/mol. The number of unbranched alkanes of at least 4 members (excludes halogenated alkanes) is 5. The molecule has 0 aliphatic carbocycles. The first kappa shape index (κ1) is 33.2. The molecule has 4 aromatic carbocycles. The first-order valence-corrected chi connectivity index (χ1v) is 15.7. The van der Waals surface area contributed by atoms with Gasteiger partial charge in [-0.05, 0) is 47.2 Å². The number of nitrogens with zero attached hydrogens (tertiary/aromatic N) is 2. The Bertz CT molecular complexity index is 1610. The van der Waals surface area contributed by atoms with Crippen LogP contribution in [0.3, 0.4) is 0 Å². The van der Waals surface area contributed by atoms with Crippen LogP contribution in [0.5, 0.6) is 0 Å². The van der Waals surface area contributed by atoms with Gasteiger partial charge in [-0.25, -0.2) is 0 Å². The molecule has 4 aromatic rings. The molecule has 46 heavy (non-hydrogen) atoms. The van der Waals surface area contributed by atoms with Crippen molar-refractivity contribution in [3.63, 3.8) is 0 Å². The van der Waals surface area contributed by atoms with Crippen molar-refractivity contribution in [3.05, 3.63) is 131 Å². The first-order chi connectivity index (χ1) is 22.6. The van der Waals surface area contributed by atoms with E-state index in [4.69, 9.17) is 0 Å². The summed E-state index contributed by atoms with van der Waals surface area (Å²) >= 11 is 0. The van der Waals surface area contributed by atoms with Crippen LogP contribution in [0.4, 0.5) is 0 Å². The van der Waals surface area contributed by atoms with E-state index < -0.39 is 0 Å². The average Bonchev–Trinajstić information content (AvgIpc) is 3.10. The molecule has 0 bridgehead atoms. The van der Waals surface area contributed by atoms with Crippen LogP contribution in [0.25, 0.3) is 34.4 Å². The summed E-state index contributed by atoms with van der Waals surface area (Å²) < 4.78 is 0. The van der Waals surface area contributed by atoms with E-state index in [0.717, 1.165) is 60.8 Å². The Balaban J connectivity index is 1.09. The van der Waals surface area contributed by atoms with E-state index in [1.165, 1.54) is 12.2 Å². The predicted molar refractivity (Wildman–Crippen MR) is 185 cm³/mol. The quantitative estimate of drug-likeness (QED) is 0.105. The highest BCUT2D eigenvalue weighted by Crippen LogP contribution is 2.27. The summed E-state index contributed by atoms with van der Waals surface area (Å²) in [6.45, 7) is 1.20. The third-order valence-electron chi connectivity index (χ3n) is 7.62. The highest BCUT2D eigenvalue weighted by molar-refractivity contribution is 5.93. The summed E-state index contributed by atoms with van der Waals surface area (Å²) in [6, 6.07) is 35.4. The lowest BCUT2D eigenvalue weighted by atomic mass is 9.96. The van der Waals surface area contributed by atoms with Gasteiger partial charge in [0.05, 0.1) is 11.1 Å².